The molecule has 0 N–H and O–H groups in total. The van der Waals surface area contributed by atoms with Gasteiger partial charge in [0.15, 0.2) is 11.5 Å². The van der Waals surface area contributed by atoms with Crippen LogP contribution in [0.2, 0.25) is 0 Å². The normalized spacial score (nSPS) is 19.1. The van der Waals surface area contributed by atoms with Crippen LogP contribution in [0.1, 0.15) is 23.2 Å². The number of carbonyl (C=O) groups excluding carboxylic acids is 1. The zero-order valence-corrected chi connectivity index (χ0v) is 11.5. The topological polar surface area (TPSA) is 38.8 Å². The first-order chi connectivity index (χ1) is 8.74. The van der Waals surface area contributed by atoms with E-state index < -0.39 is 0 Å². The molecular formula is C13H14BrNO3. The van der Waals surface area contributed by atoms with Crippen LogP contribution in [0.5, 0.6) is 11.5 Å². The molecule has 1 aromatic carbocycles. The molecule has 0 spiro atoms. The van der Waals surface area contributed by atoms with Gasteiger partial charge in [-0.3, -0.25) is 4.79 Å². The molecule has 1 aromatic rings. The molecule has 18 heavy (non-hydrogen) atoms. The third-order valence-corrected chi connectivity index (χ3v) is 4.25. The van der Waals surface area contributed by atoms with Crippen molar-refractivity contribution < 1.29 is 14.3 Å². The molecule has 0 saturated carbocycles. The Balaban J connectivity index is 1.76. The summed E-state index contributed by atoms with van der Waals surface area (Å²) in [5.41, 5.74) is 0.673. The van der Waals surface area contributed by atoms with Gasteiger partial charge < -0.3 is 14.4 Å². The summed E-state index contributed by atoms with van der Waals surface area (Å²) in [5.74, 6) is 1.45. The molecule has 96 valence electrons. The number of carbonyl (C=O) groups is 1. The summed E-state index contributed by atoms with van der Waals surface area (Å²) in [7, 11) is 0. The quantitative estimate of drug-likeness (QED) is 0.748. The van der Waals surface area contributed by atoms with Crippen LogP contribution in [0.15, 0.2) is 18.2 Å². The van der Waals surface area contributed by atoms with E-state index in [1.807, 2.05) is 4.90 Å². The monoisotopic (exact) mass is 311 g/mol. The first-order valence-corrected chi connectivity index (χ1v) is 6.98. The molecule has 0 aromatic heterocycles. The van der Waals surface area contributed by atoms with Gasteiger partial charge in [-0.15, -0.1) is 0 Å². The predicted molar refractivity (Wildman–Crippen MR) is 70.4 cm³/mol. The Morgan fingerprint density at radius 2 is 1.94 bits per heavy atom. The van der Waals surface area contributed by atoms with Crippen molar-refractivity contribution in [3.63, 3.8) is 0 Å². The molecule has 3 rings (SSSR count). The number of halogens is 1. The number of alkyl halides is 1. The van der Waals surface area contributed by atoms with Crippen LogP contribution < -0.4 is 9.47 Å². The van der Waals surface area contributed by atoms with E-state index in [4.69, 9.17) is 9.47 Å². The maximum absolute atomic E-state index is 12.3. The molecule has 4 nitrogen and oxygen atoms in total. The highest BCUT2D eigenvalue weighted by atomic mass is 79.9. The fourth-order valence-electron chi connectivity index (χ4n) is 2.26. The van der Waals surface area contributed by atoms with Crippen LogP contribution in [-0.4, -0.2) is 35.5 Å². The molecular weight excluding hydrogens is 298 g/mol. The molecule has 0 radical (unpaired) electrons. The van der Waals surface area contributed by atoms with E-state index in [9.17, 15) is 4.79 Å². The number of hydrogen-bond acceptors (Lipinski definition) is 3. The van der Waals surface area contributed by atoms with Gasteiger partial charge in [0.1, 0.15) is 0 Å². The minimum Gasteiger partial charge on any atom is -0.454 e. The predicted octanol–water partition coefficient (Wildman–Crippen LogP) is 2.41. The highest BCUT2D eigenvalue weighted by molar-refractivity contribution is 9.09. The Morgan fingerprint density at radius 3 is 2.72 bits per heavy atom. The SMILES string of the molecule is O=C(c1ccc2c(c1)OCO2)N1CCC(Br)CC1. The average Bonchev–Trinajstić information content (AvgIpc) is 2.86. The standard InChI is InChI=1S/C13H14BrNO3/c14-10-3-5-15(6-4-10)13(16)9-1-2-11-12(7-9)18-8-17-11/h1-2,7,10H,3-6,8H2. The van der Waals surface area contributed by atoms with E-state index >= 15 is 0 Å². The Bertz CT molecular complexity index is 469. The number of amides is 1. The molecule has 1 amide bonds. The van der Waals surface area contributed by atoms with Gasteiger partial charge in [-0.25, -0.2) is 0 Å². The van der Waals surface area contributed by atoms with Gasteiger partial charge in [0.05, 0.1) is 0 Å². The second-order valence-corrected chi connectivity index (χ2v) is 5.83. The van der Waals surface area contributed by atoms with Gasteiger partial charge in [-0.05, 0) is 31.0 Å². The number of likely N-dealkylation sites (tertiary alicyclic amines) is 1. The van der Waals surface area contributed by atoms with Crippen molar-refractivity contribution in [2.24, 2.45) is 0 Å². The van der Waals surface area contributed by atoms with Crippen LogP contribution in [0.25, 0.3) is 0 Å². The van der Waals surface area contributed by atoms with E-state index in [2.05, 4.69) is 15.9 Å². The average molecular weight is 312 g/mol. The van der Waals surface area contributed by atoms with E-state index in [1.54, 1.807) is 18.2 Å². The number of nitrogens with zero attached hydrogens (tertiary/aromatic N) is 1. The van der Waals surface area contributed by atoms with Crippen LogP contribution >= 0.6 is 15.9 Å². The minimum absolute atomic E-state index is 0.0766. The summed E-state index contributed by atoms with van der Waals surface area (Å²) in [6.07, 6.45) is 2.02. The number of fused-ring (bicyclic) bond motifs is 1. The van der Waals surface area contributed by atoms with Crippen molar-refractivity contribution in [3.8, 4) is 11.5 Å². The smallest absolute Gasteiger partial charge is 0.253 e. The first-order valence-electron chi connectivity index (χ1n) is 6.07. The number of benzene rings is 1. The molecule has 1 fully saturated rings. The van der Waals surface area contributed by atoms with Crippen molar-refractivity contribution in [2.75, 3.05) is 19.9 Å². The first kappa shape index (κ1) is 11.8. The molecule has 5 heteroatoms. The van der Waals surface area contributed by atoms with Crippen molar-refractivity contribution in [3.05, 3.63) is 23.8 Å². The van der Waals surface area contributed by atoms with Gasteiger partial charge in [0.2, 0.25) is 6.79 Å². The van der Waals surface area contributed by atoms with Crippen molar-refractivity contribution in [1.29, 1.82) is 0 Å². The van der Waals surface area contributed by atoms with Crippen LogP contribution in [0.4, 0.5) is 0 Å². The third kappa shape index (κ3) is 2.19. The van der Waals surface area contributed by atoms with Crippen molar-refractivity contribution in [2.45, 2.75) is 17.7 Å². The molecule has 0 unspecified atom stereocenters. The van der Waals surface area contributed by atoms with Gasteiger partial charge in [0, 0.05) is 23.5 Å². The van der Waals surface area contributed by atoms with Crippen LogP contribution in [-0.2, 0) is 0 Å². The fourth-order valence-corrected chi connectivity index (χ4v) is 2.67. The second kappa shape index (κ2) is 4.80. The molecule has 2 aliphatic rings. The fraction of sp³-hybridized carbons (Fsp3) is 0.462. The van der Waals surface area contributed by atoms with Crippen molar-refractivity contribution >= 4 is 21.8 Å². The summed E-state index contributed by atoms with van der Waals surface area (Å²) >= 11 is 3.59. The number of ether oxygens (including phenoxy) is 2. The highest BCUT2D eigenvalue weighted by Gasteiger charge is 2.23. The highest BCUT2D eigenvalue weighted by Crippen LogP contribution is 2.33. The Morgan fingerprint density at radius 1 is 1.22 bits per heavy atom. The molecule has 1 saturated heterocycles. The maximum Gasteiger partial charge on any atom is 0.253 e. The number of rotatable bonds is 1. The summed E-state index contributed by atoms with van der Waals surface area (Å²) in [6.45, 7) is 1.86. The molecule has 2 aliphatic heterocycles. The summed E-state index contributed by atoms with van der Waals surface area (Å²) < 4.78 is 10.5. The molecule has 0 bridgehead atoms. The third-order valence-electron chi connectivity index (χ3n) is 3.33. The number of piperidine rings is 1. The lowest BCUT2D eigenvalue weighted by atomic mass is 10.1. The van der Waals surface area contributed by atoms with Gasteiger partial charge in [0.25, 0.3) is 5.91 Å². The largest absolute Gasteiger partial charge is 0.454 e. The lowest BCUT2D eigenvalue weighted by Crippen LogP contribution is -2.38. The maximum atomic E-state index is 12.3. The summed E-state index contributed by atoms with van der Waals surface area (Å²) in [6, 6.07) is 5.37. The van der Waals surface area contributed by atoms with Crippen molar-refractivity contribution in [1.82, 2.24) is 4.90 Å². The molecule has 0 aliphatic carbocycles. The van der Waals surface area contributed by atoms with Gasteiger partial charge in [-0.2, -0.15) is 0 Å². The zero-order chi connectivity index (χ0) is 12.5. The molecule has 0 atom stereocenters. The Labute approximate surface area is 114 Å². The van der Waals surface area contributed by atoms with E-state index in [1.165, 1.54) is 0 Å². The van der Waals surface area contributed by atoms with Gasteiger partial charge >= 0.3 is 0 Å². The Hall–Kier alpha value is -1.23. The second-order valence-electron chi connectivity index (χ2n) is 4.53. The summed E-state index contributed by atoms with van der Waals surface area (Å²) in [5, 5.41) is 0. The number of hydrogen-bond donors (Lipinski definition) is 0. The van der Waals surface area contributed by atoms with E-state index in [0.717, 1.165) is 25.9 Å². The van der Waals surface area contributed by atoms with Gasteiger partial charge in [-0.1, -0.05) is 15.9 Å². The van der Waals surface area contributed by atoms with Crippen LogP contribution in [0, 0.1) is 0 Å². The Kier molecular flexibility index (Phi) is 3.16. The lowest BCUT2D eigenvalue weighted by molar-refractivity contribution is 0.0728. The summed E-state index contributed by atoms with van der Waals surface area (Å²) in [4.78, 5) is 14.8. The minimum atomic E-state index is 0.0766. The lowest BCUT2D eigenvalue weighted by Gasteiger charge is -2.29. The van der Waals surface area contributed by atoms with E-state index in [0.29, 0.717) is 21.9 Å². The van der Waals surface area contributed by atoms with E-state index in [-0.39, 0.29) is 12.7 Å². The van der Waals surface area contributed by atoms with Crippen LogP contribution in [0.3, 0.4) is 0 Å². The molecule has 2 heterocycles. The zero-order valence-electron chi connectivity index (χ0n) is 9.89.